The Morgan fingerprint density at radius 2 is 1.36 bits per heavy atom. The van der Waals surface area contributed by atoms with Gasteiger partial charge in [-0.25, -0.2) is 10.0 Å². The van der Waals surface area contributed by atoms with E-state index in [2.05, 4.69) is 39.5 Å². The van der Waals surface area contributed by atoms with Crippen LogP contribution in [0.25, 0.3) is 0 Å². The minimum atomic E-state index is -0.298. The van der Waals surface area contributed by atoms with Crippen LogP contribution in [0.5, 0.6) is 0 Å². The first kappa shape index (κ1) is 11.4. The van der Waals surface area contributed by atoms with Crippen LogP contribution in [-0.4, -0.2) is 24.0 Å². The summed E-state index contributed by atoms with van der Waals surface area (Å²) >= 11 is 0. The molecule has 0 aromatic rings. The normalized spacial score (nSPS) is 17.0. The molecule has 1 heteroatoms. The molecule has 0 aliphatic heterocycles. The fourth-order valence-corrected chi connectivity index (χ4v) is 1.76. The molecule has 0 nitrogen and oxygen atoms in total. The lowest BCUT2D eigenvalue weighted by Gasteiger charge is -2.33. The van der Waals surface area contributed by atoms with E-state index in [1.54, 1.807) is 0 Å². The van der Waals surface area contributed by atoms with Gasteiger partial charge in [-0.1, -0.05) is 20.8 Å². The summed E-state index contributed by atoms with van der Waals surface area (Å²) in [6, 6.07) is 0. The summed E-state index contributed by atoms with van der Waals surface area (Å²) in [4.78, 5) is 0. The van der Waals surface area contributed by atoms with Crippen molar-refractivity contribution < 1.29 is 0 Å². The van der Waals surface area contributed by atoms with Gasteiger partial charge in [0.25, 0.3) is 0 Å². The monoisotopic (exact) mass is 176 g/mol. The molecule has 0 amide bonds. The van der Waals surface area contributed by atoms with Gasteiger partial charge in [0.1, 0.15) is 0 Å². The van der Waals surface area contributed by atoms with Crippen molar-refractivity contribution in [2.75, 3.05) is 18.8 Å². The number of hydrogen-bond acceptors (Lipinski definition) is 0. The summed E-state index contributed by atoms with van der Waals surface area (Å²) in [5, 5.41) is 0.935. The van der Waals surface area contributed by atoms with E-state index in [1.165, 1.54) is 12.8 Å². The Balaban J connectivity index is 3.61. The molecule has 0 aliphatic rings. The van der Waals surface area contributed by atoms with Gasteiger partial charge >= 0.3 is 0 Å². The van der Waals surface area contributed by atoms with Crippen molar-refractivity contribution in [3.05, 3.63) is 0 Å². The summed E-state index contributed by atoms with van der Waals surface area (Å²) in [5.41, 5.74) is 0. The zero-order chi connectivity index (χ0) is 9.07. The average molecular weight is 176 g/mol. The molecule has 0 N–H and O–H groups in total. The smallest absolute Gasteiger partial charge is 0.0147 e. The number of hydrogen-bond donors (Lipinski definition) is 0. The Kier molecular flexibility index (Phi) is 4.53. The van der Waals surface area contributed by atoms with E-state index in [-0.39, 0.29) is 10.0 Å². The Labute approximate surface area is 74.1 Å². The third kappa shape index (κ3) is 5.60. The maximum atomic E-state index is 2.41. The zero-order valence-corrected chi connectivity index (χ0v) is 9.79. The molecule has 0 fully saturated rings. The van der Waals surface area contributed by atoms with Crippen LogP contribution < -0.4 is 0 Å². The first-order valence-electron chi connectivity index (χ1n) is 4.51. The van der Waals surface area contributed by atoms with Crippen molar-refractivity contribution >= 4 is 10.0 Å². The standard InChI is InChI=1S/C10H24S/c1-9(2)7-8-10(3)11(4,5)6/h9-10H,7-8H2,1-6H3. The van der Waals surface area contributed by atoms with Gasteiger partial charge in [-0.3, -0.25) is 0 Å². The first-order chi connectivity index (χ1) is 4.84. The fourth-order valence-electron chi connectivity index (χ4n) is 0.922. The second-order valence-electron chi connectivity index (χ2n) is 4.71. The van der Waals surface area contributed by atoms with Crippen LogP contribution in [0, 0.1) is 5.92 Å². The van der Waals surface area contributed by atoms with Crippen LogP contribution >= 0.6 is 10.0 Å². The van der Waals surface area contributed by atoms with E-state index in [9.17, 15) is 0 Å². The maximum absolute atomic E-state index is 2.41. The lowest BCUT2D eigenvalue weighted by molar-refractivity contribution is 0.553. The Bertz CT molecular complexity index is 99.9. The van der Waals surface area contributed by atoms with Gasteiger partial charge in [-0.05, 0) is 42.8 Å². The van der Waals surface area contributed by atoms with Crippen LogP contribution in [0.2, 0.25) is 0 Å². The van der Waals surface area contributed by atoms with Gasteiger partial charge < -0.3 is 0 Å². The fraction of sp³-hybridized carbons (Fsp3) is 1.00. The van der Waals surface area contributed by atoms with E-state index >= 15 is 0 Å². The highest BCUT2D eigenvalue weighted by Gasteiger charge is 2.14. The minimum Gasteiger partial charge on any atom is -0.247 e. The van der Waals surface area contributed by atoms with Gasteiger partial charge in [-0.2, -0.15) is 0 Å². The predicted molar refractivity (Wildman–Crippen MR) is 58.9 cm³/mol. The third-order valence-electron chi connectivity index (χ3n) is 2.36. The van der Waals surface area contributed by atoms with Gasteiger partial charge in [0, 0.05) is 0 Å². The Hall–Kier alpha value is 0.350. The topological polar surface area (TPSA) is 0 Å². The molecule has 11 heavy (non-hydrogen) atoms. The van der Waals surface area contributed by atoms with Crippen molar-refractivity contribution in [3.63, 3.8) is 0 Å². The quantitative estimate of drug-likeness (QED) is 0.615. The van der Waals surface area contributed by atoms with Crippen LogP contribution in [-0.2, 0) is 0 Å². The van der Waals surface area contributed by atoms with E-state index < -0.39 is 0 Å². The molecule has 1 atom stereocenters. The molecule has 0 aromatic carbocycles. The molecule has 0 saturated heterocycles. The molecule has 0 bridgehead atoms. The van der Waals surface area contributed by atoms with E-state index in [4.69, 9.17) is 0 Å². The molecule has 0 rings (SSSR count). The molecule has 0 aromatic heterocycles. The third-order valence-corrected chi connectivity index (χ3v) is 5.01. The first-order valence-corrected chi connectivity index (χ1v) is 7.43. The highest BCUT2D eigenvalue weighted by Crippen LogP contribution is 2.43. The molecule has 0 spiro atoms. The second-order valence-corrected chi connectivity index (χ2v) is 9.38. The van der Waals surface area contributed by atoms with Crippen molar-refractivity contribution in [2.24, 2.45) is 5.92 Å². The van der Waals surface area contributed by atoms with Crippen molar-refractivity contribution in [2.45, 2.75) is 38.9 Å². The molecular formula is C10H24S. The molecule has 1 unspecified atom stereocenters. The largest absolute Gasteiger partial charge is 0.247 e. The summed E-state index contributed by atoms with van der Waals surface area (Å²) in [5.74, 6) is 0.874. The lowest BCUT2D eigenvalue weighted by atomic mass is 10.1. The molecule has 0 radical (unpaired) electrons. The Morgan fingerprint density at radius 1 is 0.909 bits per heavy atom. The maximum Gasteiger partial charge on any atom is -0.0147 e. The predicted octanol–water partition coefficient (Wildman–Crippen LogP) is 3.51. The van der Waals surface area contributed by atoms with Crippen LogP contribution in [0.3, 0.4) is 0 Å². The molecule has 70 valence electrons. The van der Waals surface area contributed by atoms with Crippen molar-refractivity contribution in [3.8, 4) is 0 Å². The second kappa shape index (κ2) is 4.39. The molecule has 0 aliphatic carbocycles. The van der Waals surface area contributed by atoms with E-state index in [1.807, 2.05) is 0 Å². The zero-order valence-electron chi connectivity index (χ0n) is 8.98. The van der Waals surface area contributed by atoms with Crippen LogP contribution in [0.15, 0.2) is 0 Å². The molecule has 0 saturated carbocycles. The summed E-state index contributed by atoms with van der Waals surface area (Å²) in [7, 11) is -0.298. The van der Waals surface area contributed by atoms with Gasteiger partial charge in [-0.15, -0.1) is 0 Å². The lowest BCUT2D eigenvalue weighted by Crippen LogP contribution is -2.12. The van der Waals surface area contributed by atoms with Crippen LogP contribution in [0.4, 0.5) is 0 Å². The average Bonchev–Trinajstić information content (AvgIpc) is 1.80. The number of rotatable bonds is 4. The summed E-state index contributed by atoms with van der Waals surface area (Å²) in [6.45, 7) is 7.02. The van der Waals surface area contributed by atoms with Crippen molar-refractivity contribution in [1.82, 2.24) is 0 Å². The molecule has 0 heterocycles. The highest BCUT2D eigenvalue weighted by molar-refractivity contribution is 8.32. The van der Waals surface area contributed by atoms with Crippen LogP contribution in [0.1, 0.15) is 33.6 Å². The van der Waals surface area contributed by atoms with E-state index in [0.29, 0.717) is 0 Å². The summed E-state index contributed by atoms with van der Waals surface area (Å²) in [6.07, 6.45) is 10.1. The van der Waals surface area contributed by atoms with E-state index in [0.717, 1.165) is 11.2 Å². The minimum absolute atomic E-state index is 0.298. The van der Waals surface area contributed by atoms with Gasteiger partial charge in [0.15, 0.2) is 0 Å². The Morgan fingerprint density at radius 3 is 1.64 bits per heavy atom. The van der Waals surface area contributed by atoms with Gasteiger partial charge in [0.2, 0.25) is 0 Å². The SMILES string of the molecule is CC(C)CCC(C)S(C)(C)C. The van der Waals surface area contributed by atoms with Gasteiger partial charge in [0.05, 0.1) is 0 Å². The molecular weight excluding hydrogens is 152 g/mol. The summed E-state index contributed by atoms with van der Waals surface area (Å²) < 4.78 is 0. The van der Waals surface area contributed by atoms with Crippen molar-refractivity contribution in [1.29, 1.82) is 0 Å². The highest BCUT2D eigenvalue weighted by atomic mass is 32.3.